The average Bonchev–Trinajstić information content (AvgIpc) is 2.30. The van der Waals surface area contributed by atoms with Crippen molar-refractivity contribution in [2.24, 2.45) is 17.6 Å². The number of piperidine rings is 1. The van der Waals surface area contributed by atoms with Crippen LogP contribution in [0, 0.1) is 11.8 Å². The number of hydrogen-bond acceptors (Lipinski definition) is 2. The van der Waals surface area contributed by atoms with Gasteiger partial charge in [-0.25, -0.2) is 0 Å². The molecule has 1 saturated heterocycles. The highest BCUT2D eigenvalue weighted by Gasteiger charge is 2.30. The van der Waals surface area contributed by atoms with Gasteiger partial charge in [-0.3, -0.25) is 4.79 Å². The first kappa shape index (κ1) is 14.5. The molecule has 0 aromatic carbocycles. The van der Waals surface area contributed by atoms with Gasteiger partial charge in [0.05, 0.1) is 0 Å². The molecule has 1 aliphatic heterocycles. The summed E-state index contributed by atoms with van der Waals surface area (Å²) < 4.78 is 0. The van der Waals surface area contributed by atoms with Gasteiger partial charge in [-0.05, 0) is 31.6 Å². The van der Waals surface area contributed by atoms with Crippen LogP contribution in [0.15, 0.2) is 0 Å². The van der Waals surface area contributed by atoms with Crippen LogP contribution in [-0.2, 0) is 4.79 Å². The van der Waals surface area contributed by atoms with Crippen molar-refractivity contribution < 1.29 is 4.79 Å². The van der Waals surface area contributed by atoms with Crippen LogP contribution in [0.5, 0.6) is 0 Å². The fourth-order valence-corrected chi connectivity index (χ4v) is 2.94. The number of rotatable bonds is 5. The van der Waals surface area contributed by atoms with Crippen molar-refractivity contribution in [1.82, 2.24) is 4.90 Å². The lowest BCUT2D eigenvalue weighted by Gasteiger charge is -2.38. The van der Waals surface area contributed by atoms with Gasteiger partial charge in [0, 0.05) is 25.0 Å². The van der Waals surface area contributed by atoms with Gasteiger partial charge in [-0.15, -0.1) is 0 Å². The van der Waals surface area contributed by atoms with Crippen molar-refractivity contribution in [2.45, 2.75) is 58.9 Å². The van der Waals surface area contributed by atoms with Gasteiger partial charge in [-0.1, -0.05) is 27.2 Å². The monoisotopic (exact) mass is 240 g/mol. The first-order chi connectivity index (χ1) is 8.12. The number of hydrogen-bond donors (Lipinski definition) is 1. The Hall–Kier alpha value is -0.570. The topological polar surface area (TPSA) is 46.3 Å². The molecular formula is C14H28N2O. The summed E-state index contributed by atoms with van der Waals surface area (Å²) >= 11 is 0. The summed E-state index contributed by atoms with van der Waals surface area (Å²) in [5.74, 6) is 1.14. The van der Waals surface area contributed by atoms with E-state index in [9.17, 15) is 4.79 Å². The van der Waals surface area contributed by atoms with Crippen LogP contribution >= 0.6 is 0 Å². The summed E-state index contributed by atoms with van der Waals surface area (Å²) in [6.45, 7) is 8.08. The van der Waals surface area contributed by atoms with Crippen molar-refractivity contribution in [2.75, 3.05) is 13.1 Å². The molecule has 0 saturated carbocycles. The highest BCUT2D eigenvalue weighted by molar-refractivity contribution is 5.78. The quantitative estimate of drug-likeness (QED) is 0.802. The lowest BCUT2D eigenvalue weighted by molar-refractivity contribution is -0.138. The Morgan fingerprint density at radius 1 is 1.29 bits per heavy atom. The molecule has 1 heterocycles. The summed E-state index contributed by atoms with van der Waals surface area (Å²) in [5, 5.41) is 0. The Labute approximate surface area is 106 Å². The minimum Gasteiger partial charge on any atom is -0.341 e. The molecule has 100 valence electrons. The molecule has 1 rings (SSSR count). The van der Waals surface area contributed by atoms with E-state index in [-0.39, 0.29) is 12.0 Å². The smallest absolute Gasteiger partial charge is 0.225 e. The van der Waals surface area contributed by atoms with Gasteiger partial charge in [0.15, 0.2) is 0 Å². The third-order valence-corrected chi connectivity index (χ3v) is 3.91. The molecule has 1 amide bonds. The average molecular weight is 240 g/mol. The van der Waals surface area contributed by atoms with Crippen molar-refractivity contribution in [1.29, 1.82) is 0 Å². The third-order valence-electron chi connectivity index (χ3n) is 3.91. The van der Waals surface area contributed by atoms with E-state index in [1.54, 1.807) is 0 Å². The summed E-state index contributed by atoms with van der Waals surface area (Å²) in [7, 11) is 0. The Morgan fingerprint density at radius 2 is 1.94 bits per heavy atom. The Kier molecular flexibility index (Phi) is 5.96. The Balaban J connectivity index is 2.59. The zero-order valence-corrected chi connectivity index (χ0v) is 11.6. The SMILES string of the molecule is CCCC1CC(N)CN(C(=O)C(CC)CC)C1. The van der Waals surface area contributed by atoms with Crippen LogP contribution in [0.3, 0.4) is 0 Å². The van der Waals surface area contributed by atoms with Crippen LogP contribution in [0.1, 0.15) is 52.9 Å². The molecule has 17 heavy (non-hydrogen) atoms. The van der Waals surface area contributed by atoms with Gasteiger partial charge in [0.1, 0.15) is 0 Å². The molecule has 0 bridgehead atoms. The first-order valence-corrected chi connectivity index (χ1v) is 7.16. The number of likely N-dealkylation sites (tertiary alicyclic amines) is 1. The molecular weight excluding hydrogens is 212 g/mol. The van der Waals surface area contributed by atoms with E-state index in [0.29, 0.717) is 11.8 Å². The van der Waals surface area contributed by atoms with Crippen LogP contribution in [-0.4, -0.2) is 29.9 Å². The van der Waals surface area contributed by atoms with Crippen molar-refractivity contribution in [3.05, 3.63) is 0 Å². The predicted molar refractivity (Wildman–Crippen MR) is 71.6 cm³/mol. The van der Waals surface area contributed by atoms with E-state index >= 15 is 0 Å². The highest BCUT2D eigenvalue weighted by atomic mass is 16.2. The van der Waals surface area contributed by atoms with Crippen molar-refractivity contribution in [3.8, 4) is 0 Å². The number of nitrogens with zero attached hydrogens (tertiary/aromatic N) is 1. The molecule has 1 aliphatic rings. The van der Waals surface area contributed by atoms with Crippen LogP contribution < -0.4 is 5.73 Å². The van der Waals surface area contributed by atoms with Gasteiger partial charge < -0.3 is 10.6 Å². The van der Waals surface area contributed by atoms with Crippen LogP contribution in [0.25, 0.3) is 0 Å². The second-order valence-electron chi connectivity index (χ2n) is 5.41. The molecule has 1 fully saturated rings. The van der Waals surface area contributed by atoms with Gasteiger partial charge >= 0.3 is 0 Å². The second kappa shape index (κ2) is 7.00. The molecule has 2 unspecified atom stereocenters. The van der Waals surface area contributed by atoms with Crippen LogP contribution in [0.4, 0.5) is 0 Å². The largest absolute Gasteiger partial charge is 0.341 e. The summed E-state index contributed by atoms with van der Waals surface area (Å²) in [4.78, 5) is 14.3. The molecule has 0 radical (unpaired) electrons. The Bertz CT molecular complexity index is 238. The zero-order valence-electron chi connectivity index (χ0n) is 11.6. The van der Waals surface area contributed by atoms with E-state index in [2.05, 4.69) is 20.8 Å². The maximum absolute atomic E-state index is 12.3. The van der Waals surface area contributed by atoms with E-state index < -0.39 is 0 Å². The molecule has 3 nitrogen and oxygen atoms in total. The van der Waals surface area contributed by atoms with Crippen LogP contribution in [0.2, 0.25) is 0 Å². The molecule has 2 atom stereocenters. The van der Waals surface area contributed by atoms with Gasteiger partial charge in [-0.2, -0.15) is 0 Å². The molecule has 3 heteroatoms. The van der Waals surface area contributed by atoms with E-state index in [0.717, 1.165) is 32.4 Å². The lowest BCUT2D eigenvalue weighted by atomic mass is 9.89. The summed E-state index contributed by atoms with van der Waals surface area (Å²) in [6.07, 6.45) is 5.35. The highest BCUT2D eigenvalue weighted by Crippen LogP contribution is 2.23. The molecule has 0 aliphatic carbocycles. The minimum absolute atomic E-state index is 0.179. The fourth-order valence-electron chi connectivity index (χ4n) is 2.94. The number of carbonyl (C=O) groups is 1. The molecule has 0 aromatic rings. The van der Waals surface area contributed by atoms with E-state index in [4.69, 9.17) is 5.73 Å². The minimum atomic E-state index is 0.179. The number of nitrogens with two attached hydrogens (primary N) is 1. The van der Waals surface area contributed by atoms with Gasteiger partial charge in [0.25, 0.3) is 0 Å². The number of amides is 1. The zero-order chi connectivity index (χ0) is 12.8. The van der Waals surface area contributed by atoms with Crippen molar-refractivity contribution >= 4 is 5.91 Å². The second-order valence-corrected chi connectivity index (χ2v) is 5.41. The molecule has 0 aromatic heterocycles. The lowest BCUT2D eigenvalue weighted by Crippen LogP contribution is -2.51. The Morgan fingerprint density at radius 3 is 2.47 bits per heavy atom. The maximum Gasteiger partial charge on any atom is 0.225 e. The van der Waals surface area contributed by atoms with E-state index in [1.807, 2.05) is 4.90 Å². The number of carbonyl (C=O) groups excluding carboxylic acids is 1. The van der Waals surface area contributed by atoms with Crippen molar-refractivity contribution in [3.63, 3.8) is 0 Å². The normalized spacial score (nSPS) is 25.4. The third kappa shape index (κ3) is 3.98. The first-order valence-electron chi connectivity index (χ1n) is 7.16. The standard InChI is InChI=1S/C14H28N2O/c1-4-7-11-8-13(15)10-16(9-11)14(17)12(5-2)6-3/h11-13H,4-10,15H2,1-3H3. The summed E-state index contributed by atoms with van der Waals surface area (Å²) in [6, 6.07) is 0.179. The fraction of sp³-hybridized carbons (Fsp3) is 0.929. The molecule has 2 N–H and O–H groups in total. The predicted octanol–water partition coefficient (Wildman–Crippen LogP) is 2.40. The van der Waals surface area contributed by atoms with E-state index in [1.165, 1.54) is 12.8 Å². The maximum atomic E-state index is 12.3. The molecule has 0 spiro atoms. The van der Waals surface area contributed by atoms with Gasteiger partial charge in [0.2, 0.25) is 5.91 Å². The summed E-state index contributed by atoms with van der Waals surface area (Å²) in [5.41, 5.74) is 6.07.